The van der Waals surface area contributed by atoms with Crippen molar-refractivity contribution in [1.29, 1.82) is 0 Å². The number of ether oxygens (including phenoxy) is 2. The lowest BCUT2D eigenvalue weighted by atomic mass is 10.1. The lowest BCUT2D eigenvalue weighted by Gasteiger charge is -2.16. The van der Waals surface area contributed by atoms with Gasteiger partial charge in [0.2, 0.25) is 0 Å². The van der Waals surface area contributed by atoms with Crippen LogP contribution in [-0.4, -0.2) is 34.4 Å². The quantitative estimate of drug-likeness (QED) is 0.241. The maximum Gasteiger partial charge on any atom is 0.328 e. The van der Waals surface area contributed by atoms with Crippen molar-refractivity contribution in [3.05, 3.63) is 125 Å². The second-order valence-electron chi connectivity index (χ2n) is 8.99. The van der Waals surface area contributed by atoms with Crippen molar-refractivity contribution in [3.8, 4) is 16.9 Å². The Labute approximate surface area is 231 Å². The van der Waals surface area contributed by atoms with Crippen LogP contribution in [0.15, 0.2) is 103 Å². The van der Waals surface area contributed by atoms with Crippen molar-refractivity contribution in [1.82, 2.24) is 14.7 Å². The number of nitrogens with one attached hydrogen (secondary N) is 1. The van der Waals surface area contributed by atoms with Gasteiger partial charge in [-0.1, -0.05) is 66.2 Å². The molecule has 0 unspecified atom stereocenters. The highest BCUT2D eigenvalue weighted by molar-refractivity contribution is 6.30. The molecule has 5 aromatic rings. The number of aromatic nitrogens is 2. The molecule has 0 aliphatic heterocycles. The molecule has 3 aromatic carbocycles. The average Bonchev–Trinajstić information content (AvgIpc) is 3.41. The minimum atomic E-state index is -0.881. The number of pyridine rings is 1. The van der Waals surface area contributed by atoms with Crippen LogP contribution >= 0.6 is 11.6 Å². The topological polar surface area (TPSA) is 81.9 Å². The Morgan fingerprint density at radius 2 is 1.67 bits per heavy atom. The summed E-state index contributed by atoms with van der Waals surface area (Å²) in [6.45, 7) is 0.460. The SMILES string of the molecule is COC(=O)[C@H](Cc1ccc(OCc2ccccc2)cc1)NC(=O)c1cn2ccc(-c3ccc(Cl)cc3)cc2n1. The normalized spacial score (nSPS) is 11.6. The Balaban J connectivity index is 1.26. The summed E-state index contributed by atoms with van der Waals surface area (Å²) in [5, 5.41) is 3.43. The molecule has 0 bridgehead atoms. The number of hydrogen-bond donors (Lipinski definition) is 1. The molecule has 8 heteroatoms. The lowest BCUT2D eigenvalue weighted by molar-refractivity contribution is -0.142. The maximum absolute atomic E-state index is 13.1. The minimum Gasteiger partial charge on any atom is -0.489 e. The van der Waals surface area contributed by atoms with Crippen molar-refractivity contribution in [3.63, 3.8) is 0 Å². The van der Waals surface area contributed by atoms with Crippen molar-refractivity contribution < 1.29 is 19.1 Å². The number of hydrogen-bond acceptors (Lipinski definition) is 5. The summed E-state index contributed by atoms with van der Waals surface area (Å²) in [6.07, 6.45) is 3.72. The first kappa shape index (κ1) is 26.0. The van der Waals surface area contributed by atoms with Crippen LogP contribution < -0.4 is 10.1 Å². The van der Waals surface area contributed by atoms with Gasteiger partial charge in [-0.2, -0.15) is 0 Å². The number of carbonyl (C=O) groups is 2. The van der Waals surface area contributed by atoms with Crippen molar-refractivity contribution >= 4 is 29.1 Å². The van der Waals surface area contributed by atoms with Crippen molar-refractivity contribution in [2.75, 3.05) is 7.11 Å². The summed E-state index contributed by atoms with van der Waals surface area (Å²) < 4.78 is 12.5. The van der Waals surface area contributed by atoms with Gasteiger partial charge < -0.3 is 19.2 Å². The number of carbonyl (C=O) groups excluding carboxylic acids is 2. The molecule has 5 rings (SSSR count). The Morgan fingerprint density at radius 3 is 2.38 bits per heavy atom. The second kappa shape index (κ2) is 11.8. The van der Waals surface area contributed by atoms with E-state index in [1.54, 1.807) is 10.6 Å². The van der Waals surface area contributed by atoms with Gasteiger partial charge in [0.25, 0.3) is 5.91 Å². The van der Waals surface area contributed by atoms with E-state index in [1.165, 1.54) is 7.11 Å². The molecular formula is C31H26ClN3O4. The highest BCUT2D eigenvalue weighted by Gasteiger charge is 2.24. The van der Waals surface area contributed by atoms with Crippen molar-refractivity contribution in [2.24, 2.45) is 0 Å². The first-order valence-electron chi connectivity index (χ1n) is 12.4. The van der Waals surface area contributed by atoms with E-state index in [-0.39, 0.29) is 12.1 Å². The predicted molar refractivity (Wildman–Crippen MR) is 150 cm³/mol. The van der Waals surface area contributed by atoms with Crippen LogP contribution in [0.2, 0.25) is 5.02 Å². The van der Waals surface area contributed by atoms with Crippen LogP contribution in [0.4, 0.5) is 0 Å². The smallest absolute Gasteiger partial charge is 0.328 e. The van der Waals surface area contributed by atoms with Gasteiger partial charge in [-0.05, 0) is 58.7 Å². The zero-order valence-electron chi connectivity index (χ0n) is 21.2. The molecule has 0 radical (unpaired) electrons. The van der Waals surface area contributed by atoms with E-state index in [4.69, 9.17) is 21.1 Å². The van der Waals surface area contributed by atoms with Crippen LogP contribution in [0.3, 0.4) is 0 Å². The molecular weight excluding hydrogens is 514 g/mol. The molecule has 2 heterocycles. The third-order valence-corrected chi connectivity index (χ3v) is 6.52. The average molecular weight is 540 g/mol. The Kier molecular flexibility index (Phi) is 7.89. The molecule has 0 fully saturated rings. The molecule has 0 aliphatic rings. The van der Waals surface area contributed by atoms with Gasteiger partial charge in [0.05, 0.1) is 7.11 Å². The second-order valence-corrected chi connectivity index (χ2v) is 9.42. The van der Waals surface area contributed by atoms with E-state index in [0.29, 0.717) is 23.0 Å². The molecule has 7 nitrogen and oxygen atoms in total. The molecule has 196 valence electrons. The molecule has 2 aromatic heterocycles. The van der Waals surface area contributed by atoms with Gasteiger partial charge in [-0.3, -0.25) is 4.79 Å². The van der Waals surface area contributed by atoms with E-state index >= 15 is 0 Å². The number of imidazole rings is 1. The van der Waals surface area contributed by atoms with Gasteiger partial charge >= 0.3 is 5.97 Å². The zero-order chi connectivity index (χ0) is 27.2. The Morgan fingerprint density at radius 1 is 0.923 bits per heavy atom. The molecule has 0 aliphatic carbocycles. The van der Waals surface area contributed by atoms with E-state index in [0.717, 1.165) is 22.3 Å². The fourth-order valence-electron chi connectivity index (χ4n) is 4.18. The number of rotatable bonds is 9. The Hall–Kier alpha value is -4.62. The van der Waals surface area contributed by atoms with Crippen molar-refractivity contribution in [2.45, 2.75) is 19.1 Å². The summed E-state index contributed by atoms with van der Waals surface area (Å²) in [5.41, 5.74) is 4.65. The van der Waals surface area contributed by atoms with Crippen LogP contribution in [0.1, 0.15) is 21.6 Å². The molecule has 0 saturated carbocycles. The lowest BCUT2D eigenvalue weighted by Crippen LogP contribution is -2.43. The fourth-order valence-corrected chi connectivity index (χ4v) is 4.31. The van der Waals surface area contributed by atoms with Crippen LogP contribution in [0.25, 0.3) is 16.8 Å². The molecule has 1 N–H and O–H groups in total. The van der Waals surface area contributed by atoms with Crippen LogP contribution in [-0.2, 0) is 22.6 Å². The number of methoxy groups -OCH3 is 1. The Bertz CT molecular complexity index is 1580. The monoisotopic (exact) mass is 539 g/mol. The molecule has 1 amide bonds. The molecule has 0 spiro atoms. The first-order chi connectivity index (χ1) is 19.0. The number of esters is 1. The van der Waals surface area contributed by atoms with Gasteiger partial charge in [-0.25, -0.2) is 9.78 Å². The predicted octanol–water partition coefficient (Wildman–Crippen LogP) is 5.75. The first-order valence-corrected chi connectivity index (χ1v) is 12.8. The number of benzene rings is 3. The number of halogens is 1. The van der Waals surface area contributed by atoms with Gasteiger partial charge in [0, 0.05) is 23.8 Å². The van der Waals surface area contributed by atoms with Gasteiger partial charge in [0.15, 0.2) is 0 Å². The van der Waals surface area contributed by atoms with E-state index in [2.05, 4.69) is 10.3 Å². The standard InChI is InChI=1S/C31H26ClN3O4/c1-38-31(37)27(17-21-7-13-26(14-8-21)39-20-22-5-3-2-4-6-22)34-30(36)28-19-35-16-15-24(18-29(35)33-28)23-9-11-25(32)12-10-23/h2-16,18-19,27H,17,20H2,1H3,(H,34,36)/t27-/m0/s1. The highest BCUT2D eigenvalue weighted by Crippen LogP contribution is 2.23. The van der Waals surface area contributed by atoms with Gasteiger partial charge in [-0.15, -0.1) is 0 Å². The van der Waals surface area contributed by atoms with Gasteiger partial charge in [0.1, 0.15) is 29.7 Å². The minimum absolute atomic E-state index is 0.196. The summed E-state index contributed by atoms with van der Waals surface area (Å²) in [5.74, 6) is -0.296. The third-order valence-electron chi connectivity index (χ3n) is 6.27. The fraction of sp³-hybridized carbons (Fsp3) is 0.129. The van der Waals surface area contributed by atoms with E-state index in [9.17, 15) is 9.59 Å². The van der Waals surface area contributed by atoms with Crippen LogP contribution in [0.5, 0.6) is 5.75 Å². The molecule has 39 heavy (non-hydrogen) atoms. The largest absolute Gasteiger partial charge is 0.489 e. The molecule has 1 atom stereocenters. The summed E-state index contributed by atoms with van der Waals surface area (Å²) in [6, 6.07) is 27.7. The number of fused-ring (bicyclic) bond motifs is 1. The third kappa shape index (κ3) is 6.45. The zero-order valence-corrected chi connectivity index (χ0v) is 22.0. The highest BCUT2D eigenvalue weighted by atomic mass is 35.5. The maximum atomic E-state index is 13.1. The van der Waals surface area contributed by atoms with E-state index < -0.39 is 17.9 Å². The number of nitrogens with zero attached hydrogens (tertiary/aromatic N) is 2. The van der Waals surface area contributed by atoms with E-state index in [1.807, 2.05) is 97.2 Å². The molecule has 0 saturated heterocycles. The summed E-state index contributed by atoms with van der Waals surface area (Å²) >= 11 is 6.00. The number of amides is 1. The van der Waals surface area contributed by atoms with Crippen LogP contribution in [0, 0.1) is 0 Å². The summed E-state index contributed by atoms with van der Waals surface area (Å²) in [4.78, 5) is 30.1. The summed E-state index contributed by atoms with van der Waals surface area (Å²) in [7, 11) is 1.30.